The van der Waals surface area contributed by atoms with Crippen LogP contribution in [-0.4, -0.2) is 13.1 Å². The molecule has 2 aliphatic rings. The summed E-state index contributed by atoms with van der Waals surface area (Å²) in [5.41, 5.74) is 7.17. The first-order valence-corrected chi connectivity index (χ1v) is 3.87. The van der Waals surface area contributed by atoms with Gasteiger partial charge in [-0.3, -0.25) is 10.9 Å². The lowest BCUT2D eigenvalue weighted by Gasteiger charge is -2.07. The van der Waals surface area contributed by atoms with Gasteiger partial charge in [-0.1, -0.05) is 0 Å². The van der Waals surface area contributed by atoms with Crippen LogP contribution in [0.4, 0.5) is 0 Å². The Labute approximate surface area is 56.0 Å². The van der Waals surface area contributed by atoms with E-state index >= 15 is 0 Å². The van der Waals surface area contributed by atoms with Crippen LogP contribution in [0.25, 0.3) is 0 Å². The minimum absolute atomic E-state index is 0.788. The summed E-state index contributed by atoms with van der Waals surface area (Å²) in [6.45, 7) is 2.33. The van der Waals surface area contributed by atoms with E-state index in [1.807, 2.05) is 0 Å². The number of rotatable bonds is 0. The van der Waals surface area contributed by atoms with E-state index in [1.165, 1.54) is 38.8 Å². The molecule has 0 radical (unpaired) electrons. The van der Waals surface area contributed by atoms with Gasteiger partial charge in [-0.05, 0) is 31.1 Å². The Bertz CT molecular complexity index is 97.5. The van der Waals surface area contributed by atoms with Gasteiger partial charge in [-0.2, -0.15) is 0 Å². The zero-order valence-corrected chi connectivity index (χ0v) is 5.74. The second-order valence-electron chi connectivity index (χ2n) is 3.35. The quantitative estimate of drug-likeness (QED) is 0.498. The molecule has 2 rings (SSSR count). The monoisotopic (exact) mass is 126 g/mol. The lowest BCUT2D eigenvalue weighted by Crippen LogP contribution is -2.30. The van der Waals surface area contributed by atoms with Crippen LogP contribution < -0.4 is 10.9 Å². The molecule has 0 atom stereocenters. The molecule has 1 aliphatic heterocycles. The van der Waals surface area contributed by atoms with Crippen molar-refractivity contribution in [3.63, 3.8) is 0 Å². The zero-order chi connectivity index (χ0) is 6.16. The summed E-state index contributed by atoms with van der Waals surface area (Å²) >= 11 is 0. The molecule has 0 aromatic rings. The number of hydrogen-bond acceptors (Lipinski definition) is 2. The number of hydrogen-bond donors (Lipinski definition) is 2. The van der Waals surface area contributed by atoms with E-state index in [1.54, 1.807) is 0 Å². The van der Waals surface area contributed by atoms with Crippen LogP contribution in [0.15, 0.2) is 0 Å². The van der Waals surface area contributed by atoms with Crippen LogP contribution in [0.5, 0.6) is 0 Å². The first-order chi connectivity index (χ1) is 4.41. The largest absolute Gasteiger partial charge is 0.258 e. The first-order valence-electron chi connectivity index (χ1n) is 3.87. The second-order valence-corrected chi connectivity index (χ2v) is 3.35. The van der Waals surface area contributed by atoms with Crippen molar-refractivity contribution >= 4 is 0 Å². The summed E-state index contributed by atoms with van der Waals surface area (Å²) < 4.78 is 0. The van der Waals surface area contributed by atoms with Gasteiger partial charge in [0.2, 0.25) is 0 Å². The van der Waals surface area contributed by atoms with Crippen molar-refractivity contribution in [2.24, 2.45) is 5.41 Å². The molecule has 1 aliphatic carbocycles. The third-order valence-corrected chi connectivity index (χ3v) is 2.64. The summed E-state index contributed by atoms with van der Waals surface area (Å²) in [6.07, 6.45) is 5.74. The second kappa shape index (κ2) is 1.96. The first kappa shape index (κ1) is 5.69. The highest BCUT2D eigenvalue weighted by atomic mass is 15.3. The van der Waals surface area contributed by atoms with Crippen LogP contribution in [-0.2, 0) is 0 Å². The minimum Gasteiger partial charge on any atom is -0.258 e. The van der Waals surface area contributed by atoms with Crippen molar-refractivity contribution in [2.45, 2.75) is 25.7 Å². The lowest BCUT2D eigenvalue weighted by molar-refractivity contribution is 0.462. The molecule has 52 valence electrons. The molecule has 2 nitrogen and oxygen atoms in total. The van der Waals surface area contributed by atoms with E-state index in [0.717, 1.165) is 5.41 Å². The number of nitrogens with one attached hydrogen (secondary N) is 2. The molecule has 1 saturated carbocycles. The summed E-state index contributed by atoms with van der Waals surface area (Å²) in [5.74, 6) is 0. The predicted molar refractivity (Wildman–Crippen MR) is 36.9 cm³/mol. The summed E-state index contributed by atoms with van der Waals surface area (Å²) in [4.78, 5) is 0. The van der Waals surface area contributed by atoms with Crippen molar-refractivity contribution in [3.05, 3.63) is 0 Å². The molecule has 0 amide bonds. The van der Waals surface area contributed by atoms with Gasteiger partial charge in [0.05, 0.1) is 0 Å². The molecule has 0 aromatic heterocycles. The molecule has 2 fully saturated rings. The van der Waals surface area contributed by atoms with Crippen LogP contribution in [0.2, 0.25) is 0 Å². The van der Waals surface area contributed by atoms with Crippen molar-refractivity contribution < 1.29 is 0 Å². The van der Waals surface area contributed by atoms with Gasteiger partial charge in [0.25, 0.3) is 0 Å². The lowest BCUT2D eigenvalue weighted by atomic mass is 9.99. The van der Waals surface area contributed by atoms with Gasteiger partial charge in [-0.15, -0.1) is 0 Å². The van der Waals surface area contributed by atoms with Crippen LogP contribution in [0.1, 0.15) is 25.7 Å². The molecule has 0 unspecified atom stereocenters. The molecule has 0 aromatic carbocycles. The molecule has 2 heteroatoms. The molecule has 0 bridgehead atoms. The van der Waals surface area contributed by atoms with Crippen LogP contribution in [0.3, 0.4) is 0 Å². The average molecular weight is 126 g/mol. The maximum Gasteiger partial charge on any atom is 0.0105 e. The minimum atomic E-state index is 0.788. The average Bonchev–Trinajstić information content (AvgIpc) is 2.64. The predicted octanol–water partition coefficient (Wildman–Crippen LogP) is 0.655. The van der Waals surface area contributed by atoms with Crippen molar-refractivity contribution in [1.29, 1.82) is 0 Å². The third-order valence-electron chi connectivity index (χ3n) is 2.64. The van der Waals surface area contributed by atoms with E-state index in [-0.39, 0.29) is 0 Å². The fourth-order valence-electron chi connectivity index (χ4n) is 1.63. The van der Waals surface area contributed by atoms with Gasteiger partial charge in [0.1, 0.15) is 0 Å². The smallest absolute Gasteiger partial charge is 0.0105 e. The number of hydrazine groups is 1. The van der Waals surface area contributed by atoms with Gasteiger partial charge >= 0.3 is 0 Å². The van der Waals surface area contributed by atoms with Crippen molar-refractivity contribution in [2.75, 3.05) is 13.1 Å². The van der Waals surface area contributed by atoms with Gasteiger partial charge < -0.3 is 0 Å². The fraction of sp³-hybridized carbons (Fsp3) is 1.00. The zero-order valence-electron chi connectivity index (χ0n) is 5.74. The highest BCUT2D eigenvalue weighted by Gasteiger charge is 2.41. The van der Waals surface area contributed by atoms with Gasteiger partial charge in [0, 0.05) is 13.1 Å². The molecule has 9 heavy (non-hydrogen) atoms. The van der Waals surface area contributed by atoms with Gasteiger partial charge in [0.15, 0.2) is 0 Å². The summed E-state index contributed by atoms with van der Waals surface area (Å²) in [5, 5.41) is 0. The Morgan fingerprint density at radius 2 is 1.33 bits per heavy atom. The van der Waals surface area contributed by atoms with E-state index in [2.05, 4.69) is 10.9 Å². The van der Waals surface area contributed by atoms with E-state index < -0.39 is 0 Å². The molecular formula is C7H14N2. The summed E-state index contributed by atoms with van der Waals surface area (Å²) in [6, 6.07) is 0. The maximum absolute atomic E-state index is 3.19. The van der Waals surface area contributed by atoms with Crippen LogP contribution >= 0.6 is 0 Å². The molecular weight excluding hydrogens is 112 g/mol. The highest BCUT2D eigenvalue weighted by Crippen LogP contribution is 2.51. The highest BCUT2D eigenvalue weighted by molar-refractivity contribution is 4.94. The Morgan fingerprint density at radius 3 is 1.78 bits per heavy atom. The van der Waals surface area contributed by atoms with E-state index in [0.29, 0.717) is 0 Å². The van der Waals surface area contributed by atoms with Crippen molar-refractivity contribution in [1.82, 2.24) is 10.9 Å². The molecule has 1 heterocycles. The third kappa shape index (κ3) is 1.10. The van der Waals surface area contributed by atoms with E-state index in [9.17, 15) is 0 Å². The van der Waals surface area contributed by atoms with Crippen LogP contribution in [0, 0.1) is 5.41 Å². The fourth-order valence-corrected chi connectivity index (χ4v) is 1.63. The Kier molecular flexibility index (Phi) is 1.24. The maximum atomic E-state index is 3.19. The van der Waals surface area contributed by atoms with Crippen molar-refractivity contribution in [3.8, 4) is 0 Å². The Morgan fingerprint density at radius 1 is 0.778 bits per heavy atom. The molecule has 2 N–H and O–H groups in total. The summed E-state index contributed by atoms with van der Waals surface area (Å²) in [7, 11) is 0. The van der Waals surface area contributed by atoms with Gasteiger partial charge in [-0.25, -0.2) is 0 Å². The standard InChI is InChI=1S/C7H14N2/c1-2-7(1)3-5-8-9-6-4-7/h8-9H,1-6H2. The molecule has 1 spiro atoms. The Balaban J connectivity index is 1.92. The SMILES string of the molecule is C1CC2(CCNN1)CC2. The topological polar surface area (TPSA) is 24.1 Å². The van der Waals surface area contributed by atoms with E-state index in [4.69, 9.17) is 0 Å². The molecule has 1 saturated heterocycles. The normalized spacial score (nSPS) is 32.0. The Hall–Kier alpha value is -0.0800.